The molecule has 0 unspecified atom stereocenters. The molecule has 0 atom stereocenters. The van der Waals surface area contributed by atoms with Crippen LogP contribution in [0, 0.1) is 6.92 Å². The van der Waals surface area contributed by atoms with E-state index in [4.69, 9.17) is 9.57 Å². The highest BCUT2D eigenvalue weighted by molar-refractivity contribution is 5.98. The molecule has 140 valence electrons. The number of hydrogen-bond donors (Lipinski definition) is 1. The third-order valence-electron chi connectivity index (χ3n) is 3.63. The van der Waals surface area contributed by atoms with Crippen LogP contribution in [0.15, 0.2) is 34.2 Å². The second-order valence-electron chi connectivity index (χ2n) is 5.63. The summed E-state index contributed by atoms with van der Waals surface area (Å²) < 4.78 is 6.25. The number of aromatic nitrogens is 5. The van der Waals surface area contributed by atoms with Gasteiger partial charge in [0.1, 0.15) is 5.82 Å². The van der Waals surface area contributed by atoms with Crippen LogP contribution in [0.4, 0.5) is 0 Å². The number of fused-ring (bicyclic) bond motifs is 1. The number of carbonyl (C=O) groups is 1. The maximum atomic E-state index is 12.0. The van der Waals surface area contributed by atoms with Crippen LogP contribution in [0.5, 0.6) is 0 Å². The van der Waals surface area contributed by atoms with Crippen LogP contribution in [0.3, 0.4) is 0 Å². The van der Waals surface area contributed by atoms with Gasteiger partial charge in [-0.3, -0.25) is 4.79 Å². The molecule has 0 aliphatic rings. The predicted octanol–water partition coefficient (Wildman–Crippen LogP) is 1.12. The second-order valence-corrected chi connectivity index (χ2v) is 5.63. The number of rotatable bonds is 6. The zero-order chi connectivity index (χ0) is 19.4. The fraction of sp³-hybridized carbons (Fsp3) is 0.294. The summed E-state index contributed by atoms with van der Waals surface area (Å²) in [6, 6.07) is 7.25. The number of esters is 1. The monoisotopic (exact) mass is 370 g/mol. The summed E-state index contributed by atoms with van der Waals surface area (Å²) in [7, 11) is 0. The minimum Gasteiger partial charge on any atom is -0.463 e. The fourth-order valence-electron chi connectivity index (χ4n) is 2.41. The topological polar surface area (TPSA) is 124 Å². The minimum atomic E-state index is -0.483. The van der Waals surface area contributed by atoms with Crippen molar-refractivity contribution in [3.63, 3.8) is 0 Å². The summed E-state index contributed by atoms with van der Waals surface area (Å²) in [6.45, 7) is 5.18. The Hall–Kier alpha value is -3.56. The van der Waals surface area contributed by atoms with Gasteiger partial charge in [0.25, 0.3) is 5.56 Å². The Balaban J connectivity index is 1.88. The highest BCUT2D eigenvalue weighted by Crippen LogP contribution is 2.14. The average Bonchev–Trinajstić information content (AvgIpc) is 3.06. The van der Waals surface area contributed by atoms with Crippen molar-refractivity contribution >= 4 is 22.8 Å². The normalized spacial score (nSPS) is 11.6. The molecular weight excluding hydrogens is 352 g/mol. The van der Waals surface area contributed by atoms with Crippen molar-refractivity contribution in [2.75, 3.05) is 13.2 Å². The van der Waals surface area contributed by atoms with Crippen molar-refractivity contribution in [3.05, 3.63) is 46.0 Å². The molecule has 27 heavy (non-hydrogen) atoms. The molecule has 0 aliphatic carbocycles. The van der Waals surface area contributed by atoms with E-state index in [0.717, 1.165) is 5.56 Å². The predicted molar refractivity (Wildman–Crippen MR) is 96.8 cm³/mol. The molecule has 0 bridgehead atoms. The quantitative estimate of drug-likeness (QED) is 0.391. The lowest BCUT2D eigenvalue weighted by molar-refractivity contribution is -0.148. The molecule has 1 aromatic carbocycles. The van der Waals surface area contributed by atoms with Crippen molar-refractivity contribution in [1.82, 2.24) is 25.0 Å². The fourth-order valence-corrected chi connectivity index (χ4v) is 2.41. The maximum Gasteiger partial charge on any atom is 0.347 e. The van der Waals surface area contributed by atoms with E-state index in [1.54, 1.807) is 26.8 Å². The molecule has 0 spiro atoms. The zero-order valence-corrected chi connectivity index (χ0v) is 15.1. The van der Waals surface area contributed by atoms with E-state index < -0.39 is 5.97 Å². The standard InChI is InChI=1S/C17H18N6O4/c1-4-26-14(24)9-27-21-10(2)12-6-5-7-13(8-12)23-16-15(20-22-23)17(25)19-11(3)18-16/h5-8H,4,9H2,1-3H3,(H,18,19,25)/b21-10+. The Kier molecular flexibility index (Phi) is 5.25. The highest BCUT2D eigenvalue weighted by atomic mass is 16.7. The molecule has 10 nitrogen and oxygen atoms in total. The van der Waals surface area contributed by atoms with E-state index in [2.05, 4.69) is 25.4 Å². The van der Waals surface area contributed by atoms with E-state index >= 15 is 0 Å². The van der Waals surface area contributed by atoms with Crippen molar-refractivity contribution in [2.45, 2.75) is 20.8 Å². The molecule has 1 N–H and O–H groups in total. The van der Waals surface area contributed by atoms with E-state index in [1.807, 2.05) is 18.2 Å². The van der Waals surface area contributed by atoms with Crippen LogP contribution in [-0.4, -0.2) is 49.9 Å². The van der Waals surface area contributed by atoms with Crippen molar-refractivity contribution < 1.29 is 14.4 Å². The number of aromatic amines is 1. The smallest absolute Gasteiger partial charge is 0.347 e. The number of nitrogens with one attached hydrogen (secondary N) is 1. The molecule has 0 amide bonds. The van der Waals surface area contributed by atoms with Gasteiger partial charge in [-0.05, 0) is 32.9 Å². The van der Waals surface area contributed by atoms with Gasteiger partial charge in [-0.1, -0.05) is 22.5 Å². The van der Waals surface area contributed by atoms with E-state index in [0.29, 0.717) is 22.9 Å². The first kappa shape index (κ1) is 18.2. The van der Waals surface area contributed by atoms with Crippen LogP contribution in [0.25, 0.3) is 16.9 Å². The molecule has 0 saturated carbocycles. The largest absolute Gasteiger partial charge is 0.463 e. The van der Waals surface area contributed by atoms with Crippen LogP contribution in [0.2, 0.25) is 0 Å². The lowest BCUT2D eigenvalue weighted by Gasteiger charge is -2.06. The average molecular weight is 370 g/mol. The summed E-state index contributed by atoms with van der Waals surface area (Å²) in [4.78, 5) is 35.2. The number of oxime groups is 1. The van der Waals surface area contributed by atoms with Gasteiger partial charge in [0.15, 0.2) is 11.2 Å². The van der Waals surface area contributed by atoms with Gasteiger partial charge in [0, 0.05) is 5.56 Å². The lowest BCUT2D eigenvalue weighted by atomic mass is 10.1. The second kappa shape index (κ2) is 7.77. The summed E-state index contributed by atoms with van der Waals surface area (Å²) in [5.74, 6) is -0.0131. The van der Waals surface area contributed by atoms with Gasteiger partial charge in [-0.2, -0.15) is 4.68 Å². The molecule has 3 rings (SSSR count). The van der Waals surface area contributed by atoms with Gasteiger partial charge >= 0.3 is 5.97 Å². The Bertz CT molecular complexity index is 1070. The molecule has 2 heterocycles. The molecule has 0 radical (unpaired) electrons. The summed E-state index contributed by atoms with van der Waals surface area (Å²) in [5, 5.41) is 11.9. The molecule has 2 aromatic heterocycles. The van der Waals surface area contributed by atoms with Crippen LogP contribution in [0.1, 0.15) is 25.2 Å². The Morgan fingerprint density at radius 2 is 2.19 bits per heavy atom. The van der Waals surface area contributed by atoms with Gasteiger partial charge in [-0.15, -0.1) is 5.10 Å². The summed E-state index contributed by atoms with van der Waals surface area (Å²) in [6.07, 6.45) is 0. The third-order valence-corrected chi connectivity index (χ3v) is 3.63. The summed E-state index contributed by atoms with van der Waals surface area (Å²) >= 11 is 0. The van der Waals surface area contributed by atoms with E-state index in [9.17, 15) is 9.59 Å². The Labute approximate surface area is 153 Å². The van der Waals surface area contributed by atoms with Gasteiger partial charge < -0.3 is 14.6 Å². The number of carbonyl (C=O) groups excluding carboxylic acids is 1. The number of nitrogens with zero attached hydrogens (tertiary/aromatic N) is 5. The van der Waals surface area contributed by atoms with Crippen LogP contribution < -0.4 is 5.56 Å². The van der Waals surface area contributed by atoms with Gasteiger partial charge in [0.05, 0.1) is 18.0 Å². The first-order valence-corrected chi connectivity index (χ1v) is 8.25. The van der Waals surface area contributed by atoms with E-state index in [-0.39, 0.29) is 24.3 Å². The number of H-pyrrole nitrogens is 1. The highest BCUT2D eigenvalue weighted by Gasteiger charge is 2.13. The van der Waals surface area contributed by atoms with Crippen molar-refractivity contribution in [1.29, 1.82) is 0 Å². The lowest BCUT2D eigenvalue weighted by Crippen LogP contribution is -2.11. The van der Waals surface area contributed by atoms with Crippen molar-refractivity contribution in [2.24, 2.45) is 5.16 Å². The number of hydrogen-bond acceptors (Lipinski definition) is 8. The molecule has 0 fully saturated rings. The maximum absolute atomic E-state index is 12.0. The molecule has 10 heteroatoms. The Morgan fingerprint density at radius 3 is 2.96 bits per heavy atom. The molecule has 0 aliphatic heterocycles. The first-order valence-electron chi connectivity index (χ1n) is 8.25. The first-order chi connectivity index (χ1) is 13.0. The van der Waals surface area contributed by atoms with E-state index in [1.165, 1.54) is 4.68 Å². The van der Waals surface area contributed by atoms with Crippen LogP contribution >= 0.6 is 0 Å². The number of ether oxygens (including phenoxy) is 1. The third kappa shape index (κ3) is 4.00. The zero-order valence-electron chi connectivity index (χ0n) is 15.1. The Morgan fingerprint density at radius 1 is 1.37 bits per heavy atom. The molecule has 3 aromatic rings. The van der Waals surface area contributed by atoms with Crippen molar-refractivity contribution in [3.8, 4) is 5.69 Å². The molecular formula is C17H18N6O4. The number of aryl methyl sites for hydroxylation is 1. The summed E-state index contributed by atoms with van der Waals surface area (Å²) in [5.41, 5.74) is 2.15. The molecule has 0 saturated heterocycles. The van der Waals surface area contributed by atoms with Crippen LogP contribution in [-0.2, 0) is 14.4 Å². The van der Waals surface area contributed by atoms with Gasteiger partial charge in [-0.25, -0.2) is 9.78 Å². The SMILES string of the molecule is CCOC(=O)CO/N=C(\C)c1cccc(-n2nnc3c(=O)[nH]c(C)nc32)c1. The number of benzene rings is 1. The minimum absolute atomic E-state index is 0.161. The van der Waals surface area contributed by atoms with Gasteiger partial charge in [0.2, 0.25) is 6.61 Å².